The van der Waals surface area contributed by atoms with Crippen LogP contribution >= 0.6 is 0 Å². The van der Waals surface area contributed by atoms with Crippen molar-refractivity contribution in [1.82, 2.24) is 0 Å². The second kappa shape index (κ2) is 8.08. The Morgan fingerprint density at radius 2 is 1.95 bits per heavy atom. The highest BCUT2D eigenvalue weighted by Gasteiger charge is 2.33. The number of ether oxygens (including phenoxy) is 3. The number of rotatable bonds is 7. The molecular formula is C17H23NO4. The van der Waals surface area contributed by atoms with Crippen molar-refractivity contribution in [2.24, 2.45) is 10.9 Å². The largest absolute Gasteiger partial charge is 0.493 e. The highest BCUT2D eigenvalue weighted by Crippen LogP contribution is 2.25. The van der Waals surface area contributed by atoms with E-state index in [0.29, 0.717) is 18.1 Å². The number of aliphatic hydroxyl groups is 1. The van der Waals surface area contributed by atoms with E-state index in [2.05, 4.69) is 17.1 Å². The van der Waals surface area contributed by atoms with E-state index in [1.165, 1.54) is 12.7 Å². The Hall–Kier alpha value is -1.69. The molecule has 1 aliphatic heterocycles. The van der Waals surface area contributed by atoms with Crippen molar-refractivity contribution in [3.8, 4) is 0 Å². The van der Waals surface area contributed by atoms with E-state index in [1.807, 2.05) is 25.1 Å². The second-order valence-corrected chi connectivity index (χ2v) is 5.20. The Morgan fingerprint density at radius 1 is 1.23 bits per heavy atom. The number of aliphatic hydroxyl groups excluding tert-OH is 1. The molecule has 0 saturated carbocycles. The average Bonchev–Trinajstić information content (AvgIpc) is 2.55. The average molecular weight is 305 g/mol. The predicted octanol–water partition coefficient (Wildman–Crippen LogP) is 2.16. The van der Waals surface area contributed by atoms with E-state index in [9.17, 15) is 5.11 Å². The lowest BCUT2D eigenvalue weighted by atomic mass is 9.94. The van der Waals surface area contributed by atoms with E-state index >= 15 is 0 Å². The van der Waals surface area contributed by atoms with Gasteiger partial charge in [0.05, 0.1) is 18.5 Å². The van der Waals surface area contributed by atoms with E-state index in [4.69, 9.17) is 14.2 Å². The van der Waals surface area contributed by atoms with Gasteiger partial charge in [0, 0.05) is 26.6 Å². The molecule has 0 amide bonds. The molecule has 0 spiro atoms. The molecule has 120 valence electrons. The Kier molecular flexibility index (Phi) is 6.12. The topological polar surface area (TPSA) is 60.3 Å². The van der Waals surface area contributed by atoms with Crippen LogP contribution in [0.25, 0.3) is 0 Å². The van der Waals surface area contributed by atoms with Crippen molar-refractivity contribution < 1.29 is 19.3 Å². The molecule has 3 atom stereocenters. The van der Waals surface area contributed by atoms with Crippen LogP contribution in [-0.4, -0.2) is 44.0 Å². The van der Waals surface area contributed by atoms with E-state index in [-0.39, 0.29) is 12.0 Å². The number of methoxy groups -OCH3 is 2. The van der Waals surface area contributed by atoms with Crippen molar-refractivity contribution in [1.29, 1.82) is 0 Å². The molecule has 22 heavy (non-hydrogen) atoms. The second-order valence-electron chi connectivity index (χ2n) is 5.20. The number of nitrogens with zero attached hydrogens (tertiary/aromatic N) is 1. The van der Waals surface area contributed by atoms with Gasteiger partial charge in [-0.15, -0.1) is 0 Å². The summed E-state index contributed by atoms with van der Waals surface area (Å²) in [6.45, 7) is 2.49. The SMILES string of the molecule is COC(O)C1=NC=C(OCCc2ccccc2)C(OC)C1C. The zero-order valence-electron chi connectivity index (χ0n) is 13.2. The van der Waals surface area contributed by atoms with Crippen molar-refractivity contribution in [2.45, 2.75) is 25.7 Å². The van der Waals surface area contributed by atoms with Gasteiger partial charge in [0.25, 0.3) is 0 Å². The lowest BCUT2D eigenvalue weighted by Crippen LogP contribution is -2.39. The van der Waals surface area contributed by atoms with Gasteiger partial charge in [-0.1, -0.05) is 37.3 Å². The Morgan fingerprint density at radius 3 is 2.59 bits per heavy atom. The van der Waals surface area contributed by atoms with Crippen LogP contribution in [0.3, 0.4) is 0 Å². The Balaban J connectivity index is 1.99. The molecule has 0 saturated heterocycles. The monoisotopic (exact) mass is 305 g/mol. The standard InChI is InChI=1S/C17H23NO4/c1-12-15(17(19)21-3)18-11-14(16(12)20-2)22-10-9-13-7-5-4-6-8-13/h4-8,11-12,16-17,19H,9-10H2,1-3H3. The van der Waals surface area contributed by atoms with Gasteiger partial charge in [-0.3, -0.25) is 4.99 Å². The third-order valence-electron chi connectivity index (χ3n) is 3.77. The molecule has 3 unspecified atom stereocenters. The maximum absolute atomic E-state index is 9.80. The molecule has 1 aliphatic rings. The maximum atomic E-state index is 9.80. The van der Waals surface area contributed by atoms with Gasteiger partial charge in [-0.25, -0.2) is 0 Å². The summed E-state index contributed by atoms with van der Waals surface area (Å²) in [5.41, 5.74) is 1.77. The first-order valence-corrected chi connectivity index (χ1v) is 7.35. The highest BCUT2D eigenvalue weighted by atomic mass is 16.6. The molecule has 0 radical (unpaired) electrons. The summed E-state index contributed by atoms with van der Waals surface area (Å²) in [7, 11) is 3.06. The van der Waals surface area contributed by atoms with Gasteiger partial charge < -0.3 is 19.3 Å². The zero-order chi connectivity index (χ0) is 15.9. The van der Waals surface area contributed by atoms with Crippen LogP contribution in [0.2, 0.25) is 0 Å². The molecule has 2 rings (SSSR count). The summed E-state index contributed by atoms with van der Waals surface area (Å²) >= 11 is 0. The molecule has 1 aromatic carbocycles. The predicted molar refractivity (Wildman–Crippen MR) is 84.6 cm³/mol. The highest BCUT2D eigenvalue weighted by molar-refractivity contribution is 5.91. The van der Waals surface area contributed by atoms with Gasteiger partial charge in [0.1, 0.15) is 11.9 Å². The summed E-state index contributed by atoms with van der Waals surface area (Å²) in [4.78, 5) is 4.26. The molecule has 5 nitrogen and oxygen atoms in total. The summed E-state index contributed by atoms with van der Waals surface area (Å²) in [5, 5.41) is 9.80. The van der Waals surface area contributed by atoms with Crippen LogP contribution in [0.5, 0.6) is 0 Å². The third-order valence-corrected chi connectivity index (χ3v) is 3.77. The van der Waals surface area contributed by atoms with Gasteiger partial charge in [-0.2, -0.15) is 0 Å². The van der Waals surface area contributed by atoms with Crippen LogP contribution < -0.4 is 0 Å². The molecule has 0 aromatic heterocycles. The lowest BCUT2D eigenvalue weighted by molar-refractivity contribution is -0.0298. The number of aliphatic imine (C=N–C) groups is 1. The summed E-state index contributed by atoms with van der Waals surface area (Å²) in [6, 6.07) is 10.2. The van der Waals surface area contributed by atoms with Gasteiger partial charge in [-0.05, 0) is 5.56 Å². The number of benzene rings is 1. The van der Waals surface area contributed by atoms with Crippen LogP contribution in [0, 0.1) is 5.92 Å². The van der Waals surface area contributed by atoms with Crippen LogP contribution in [0.4, 0.5) is 0 Å². The first-order chi connectivity index (χ1) is 10.7. The molecule has 1 aromatic rings. The zero-order valence-corrected chi connectivity index (χ0v) is 13.2. The van der Waals surface area contributed by atoms with Crippen LogP contribution in [0.1, 0.15) is 12.5 Å². The normalized spacial score (nSPS) is 22.7. The fourth-order valence-electron chi connectivity index (χ4n) is 2.51. The fraction of sp³-hybridized carbons (Fsp3) is 0.471. The van der Waals surface area contributed by atoms with Crippen molar-refractivity contribution in [3.05, 3.63) is 47.9 Å². The summed E-state index contributed by atoms with van der Waals surface area (Å²) in [6.07, 6.45) is 1.14. The molecular weight excluding hydrogens is 282 g/mol. The molecule has 0 bridgehead atoms. The Labute approximate surface area is 131 Å². The Bertz CT molecular complexity index is 527. The molecule has 1 N–H and O–H groups in total. The quantitative estimate of drug-likeness (QED) is 0.784. The van der Waals surface area contributed by atoms with Gasteiger partial charge >= 0.3 is 0 Å². The molecule has 1 heterocycles. The van der Waals surface area contributed by atoms with E-state index in [1.54, 1.807) is 13.3 Å². The first-order valence-electron chi connectivity index (χ1n) is 7.35. The van der Waals surface area contributed by atoms with Crippen molar-refractivity contribution in [2.75, 3.05) is 20.8 Å². The number of hydrogen-bond donors (Lipinski definition) is 1. The van der Waals surface area contributed by atoms with Crippen LogP contribution in [0.15, 0.2) is 47.3 Å². The third kappa shape index (κ3) is 3.94. The smallest absolute Gasteiger partial charge is 0.194 e. The van der Waals surface area contributed by atoms with Crippen molar-refractivity contribution in [3.63, 3.8) is 0 Å². The molecule has 5 heteroatoms. The molecule has 0 aliphatic carbocycles. The maximum Gasteiger partial charge on any atom is 0.194 e. The molecule has 0 fully saturated rings. The van der Waals surface area contributed by atoms with E-state index in [0.717, 1.165) is 6.42 Å². The van der Waals surface area contributed by atoms with Gasteiger partial charge in [0.15, 0.2) is 6.29 Å². The first kappa shape index (κ1) is 16.7. The summed E-state index contributed by atoms with van der Waals surface area (Å²) < 4.78 is 16.3. The minimum absolute atomic E-state index is 0.114. The van der Waals surface area contributed by atoms with Crippen molar-refractivity contribution >= 4 is 5.71 Å². The van der Waals surface area contributed by atoms with Crippen LogP contribution in [-0.2, 0) is 20.6 Å². The fourth-order valence-corrected chi connectivity index (χ4v) is 2.51. The van der Waals surface area contributed by atoms with Gasteiger partial charge in [0.2, 0.25) is 0 Å². The van der Waals surface area contributed by atoms with E-state index < -0.39 is 6.29 Å². The summed E-state index contributed by atoms with van der Waals surface area (Å²) in [5.74, 6) is 0.564. The number of hydrogen-bond acceptors (Lipinski definition) is 5. The minimum Gasteiger partial charge on any atom is -0.493 e. The minimum atomic E-state index is -1.02. The lowest BCUT2D eigenvalue weighted by Gasteiger charge is -2.30.